The maximum atomic E-state index is 11.1. The molecule has 0 spiro atoms. The number of hydrogen-bond acceptors (Lipinski definition) is 8. The number of ether oxygens (including phenoxy) is 1. The lowest BCUT2D eigenvalue weighted by molar-refractivity contribution is -0.141. The average Bonchev–Trinajstić information content (AvgIpc) is 2.78. The first-order valence-corrected chi connectivity index (χ1v) is 10.7. The molecule has 0 unspecified atom stereocenters. The van der Waals surface area contributed by atoms with E-state index in [1.807, 2.05) is 0 Å². The van der Waals surface area contributed by atoms with Gasteiger partial charge in [0.05, 0.1) is 13.0 Å². The van der Waals surface area contributed by atoms with Gasteiger partial charge in [-0.2, -0.15) is 5.26 Å². The first kappa shape index (κ1) is 23.3. The van der Waals surface area contributed by atoms with Crippen molar-refractivity contribution in [2.75, 3.05) is 38.6 Å². The van der Waals surface area contributed by atoms with Crippen molar-refractivity contribution < 1.29 is 19.7 Å². The molecule has 1 aliphatic heterocycles. The molecule has 2 atom stereocenters. The van der Waals surface area contributed by atoms with E-state index in [2.05, 4.69) is 26.5 Å². The van der Waals surface area contributed by atoms with Crippen LogP contribution in [-0.2, 0) is 4.79 Å². The Labute approximate surface area is 187 Å². The second-order valence-corrected chi connectivity index (χ2v) is 8.28. The number of aliphatic carboxylic acids is 1. The third kappa shape index (κ3) is 5.26. The third-order valence-electron chi connectivity index (χ3n) is 5.90. The Balaban J connectivity index is 1.72. The number of piperidine rings is 1. The number of aromatic nitrogens is 2. The lowest BCUT2D eigenvalue weighted by atomic mass is 9.96. The molecule has 0 amide bonds. The average molecular weight is 440 g/mol. The smallest absolute Gasteiger partial charge is 0.307 e. The zero-order chi connectivity index (χ0) is 23.3. The molecule has 0 radical (unpaired) electrons. The Kier molecular flexibility index (Phi) is 7.49. The third-order valence-corrected chi connectivity index (χ3v) is 5.90. The van der Waals surface area contributed by atoms with Crippen molar-refractivity contribution in [2.24, 2.45) is 11.8 Å². The molecular formula is C23H29N5O4. The summed E-state index contributed by atoms with van der Waals surface area (Å²) in [5, 5.41) is 41.0. The van der Waals surface area contributed by atoms with Crippen LogP contribution in [0.4, 0.5) is 5.82 Å². The summed E-state index contributed by atoms with van der Waals surface area (Å²) in [7, 11) is 1.52. The van der Waals surface area contributed by atoms with Gasteiger partial charge in [0.25, 0.3) is 0 Å². The fraction of sp³-hybridized carbons (Fsp3) is 0.478. The van der Waals surface area contributed by atoms with Gasteiger partial charge >= 0.3 is 5.97 Å². The van der Waals surface area contributed by atoms with Crippen molar-refractivity contribution in [3.8, 4) is 28.8 Å². The second-order valence-electron chi connectivity index (χ2n) is 8.28. The van der Waals surface area contributed by atoms with Crippen molar-refractivity contribution in [3.05, 3.63) is 29.3 Å². The predicted molar refractivity (Wildman–Crippen MR) is 120 cm³/mol. The number of carboxylic acid groups (broad SMARTS) is 1. The summed E-state index contributed by atoms with van der Waals surface area (Å²) in [4.78, 5) is 13.3. The van der Waals surface area contributed by atoms with Gasteiger partial charge in [-0.3, -0.25) is 4.79 Å². The number of carboxylic acids is 1. The zero-order valence-electron chi connectivity index (χ0n) is 18.6. The molecule has 2 aromatic rings. The molecular weight excluding hydrogens is 410 g/mol. The fourth-order valence-corrected chi connectivity index (χ4v) is 4.07. The minimum atomic E-state index is -0.780. The quantitative estimate of drug-likeness (QED) is 0.568. The Hall–Kier alpha value is -3.38. The Morgan fingerprint density at radius 1 is 1.44 bits per heavy atom. The normalized spacial score (nSPS) is 17.4. The van der Waals surface area contributed by atoms with Gasteiger partial charge in [0, 0.05) is 31.3 Å². The highest BCUT2D eigenvalue weighted by atomic mass is 16.5. The van der Waals surface area contributed by atoms with Crippen LogP contribution in [0.5, 0.6) is 11.5 Å². The van der Waals surface area contributed by atoms with Crippen molar-refractivity contribution in [2.45, 2.75) is 26.7 Å². The lowest BCUT2D eigenvalue weighted by Crippen LogP contribution is -2.41. The van der Waals surface area contributed by atoms with Crippen molar-refractivity contribution in [1.82, 2.24) is 15.1 Å². The molecule has 0 saturated carbocycles. The summed E-state index contributed by atoms with van der Waals surface area (Å²) in [5.41, 5.74) is 1.94. The summed E-state index contributed by atoms with van der Waals surface area (Å²) in [6.45, 7) is 6.37. The standard InChI is InChI=1S/C23H29N5O4/c1-14(23(30)31)12-28-8-4-5-16(13-28)11-25-22-19(10-24)15(2)21(26-27-22)18-7-6-17(32-3)9-20(18)29/h6-7,9,14,16,29H,4-5,8,11-13H2,1-3H3,(H,25,27)(H,30,31)/t14-,16-/m0/s1. The van der Waals surface area contributed by atoms with Gasteiger partial charge in [0.15, 0.2) is 5.82 Å². The van der Waals surface area contributed by atoms with E-state index in [1.54, 1.807) is 26.0 Å². The van der Waals surface area contributed by atoms with Crippen LogP contribution < -0.4 is 10.1 Å². The van der Waals surface area contributed by atoms with Crippen LogP contribution in [0.2, 0.25) is 0 Å². The monoisotopic (exact) mass is 439 g/mol. The molecule has 0 aliphatic carbocycles. The number of nitriles is 1. The topological polar surface area (TPSA) is 132 Å². The number of nitrogens with one attached hydrogen (secondary N) is 1. The highest BCUT2D eigenvalue weighted by molar-refractivity contribution is 5.74. The molecule has 9 heteroatoms. The Morgan fingerprint density at radius 3 is 2.88 bits per heavy atom. The van der Waals surface area contributed by atoms with Crippen LogP contribution in [0.1, 0.15) is 30.9 Å². The molecule has 3 N–H and O–H groups in total. The highest BCUT2D eigenvalue weighted by Gasteiger charge is 2.24. The maximum absolute atomic E-state index is 11.1. The number of benzene rings is 1. The zero-order valence-corrected chi connectivity index (χ0v) is 18.6. The van der Waals surface area contributed by atoms with E-state index in [0.717, 1.165) is 25.9 Å². The SMILES string of the molecule is COc1ccc(-c2nnc(NC[C@@H]3CCCN(C[C@H](C)C(=O)O)C3)c(C#N)c2C)c(O)c1. The molecule has 1 aromatic heterocycles. The molecule has 1 saturated heterocycles. The van der Waals surface area contributed by atoms with Gasteiger partial charge in [-0.15, -0.1) is 10.2 Å². The molecule has 1 aliphatic rings. The number of anilines is 1. The summed E-state index contributed by atoms with van der Waals surface area (Å²) < 4.78 is 5.12. The molecule has 9 nitrogen and oxygen atoms in total. The van der Waals surface area contributed by atoms with Crippen LogP contribution in [0.25, 0.3) is 11.3 Å². The number of phenols is 1. The minimum absolute atomic E-state index is 0.00392. The lowest BCUT2D eigenvalue weighted by Gasteiger charge is -2.33. The van der Waals surface area contributed by atoms with E-state index in [-0.39, 0.29) is 5.75 Å². The first-order chi connectivity index (χ1) is 15.3. The molecule has 2 heterocycles. The number of rotatable bonds is 8. The van der Waals surface area contributed by atoms with Crippen molar-refractivity contribution in [1.29, 1.82) is 5.26 Å². The number of carbonyl (C=O) groups is 1. The van der Waals surface area contributed by atoms with E-state index in [0.29, 0.717) is 53.0 Å². The molecule has 170 valence electrons. The van der Waals surface area contributed by atoms with E-state index < -0.39 is 11.9 Å². The predicted octanol–water partition coefficient (Wildman–Crippen LogP) is 2.88. The largest absolute Gasteiger partial charge is 0.507 e. The summed E-state index contributed by atoms with van der Waals surface area (Å²) in [6, 6.07) is 7.10. The molecule has 0 bridgehead atoms. The van der Waals surface area contributed by atoms with Gasteiger partial charge < -0.3 is 25.2 Å². The van der Waals surface area contributed by atoms with Gasteiger partial charge in [0.2, 0.25) is 0 Å². The number of likely N-dealkylation sites (tertiary alicyclic amines) is 1. The van der Waals surface area contributed by atoms with Crippen LogP contribution in [0.3, 0.4) is 0 Å². The van der Waals surface area contributed by atoms with E-state index in [4.69, 9.17) is 9.84 Å². The number of phenolic OH excluding ortho intramolecular Hbond substituents is 1. The summed E-state index contributed by atoms with van der Waals surface area (Å²) >= 11 is 0. The van der Waals surface area contributed by atoms with E-state index >= 15 is 0 Å². The van der Waals surface area contributed by atoms with Gasteiger partial charge in [-0.25, -0.2) is 0 Å². The molecule has 1 fully saturated rings. The molecule has 1 aromatic carbocycles. The van der Waals surface area contributed by atoms with E-state index in [1.165, 1.54) is 13.2 Å². The number of aromatic hydroxyl groups is 1. The summed E-state index contributed by atoms with van der Waals surface area (Å²) in [6.07, 6.45) is 2.03. The minimum Gasteiger partial charge on any atom is -0.507 e. The van der Waals surface area contributed by atoms with Crippen molar-refractivity contribution >= 4 is 11.8 Å². The van der Waals surface area contributed by atoms with Crippen LogP contribution in [0, 0.1) is 30.1 Å². The van der Waals surface area contributed by atoms with Crippen LogP contribution >= 0.6 is 0 Å². The number of methoxy groups -OCH3 is 1. The Bertz CT molecular complexity index is 1020. The van der Waals surface area contributed by atoms with Crippen LogP contribution in [-0.4, -0.2) is 64.6 Å². The van der Waals surface area contributed by atoms with Gasteiger partial charge in [-0.1, -0.05) is 6.92 Å². The number of hydrogen-bond donors (Lipinski definition) is 3. The van der Waals surface area contributed by atoms with E-state index in [9.17, 15) is 15.2 Å². The number of nitrogens with zero attached hydrogens (tertiary/aromatic N) is 4. The van der Waals surface area contributed by atoms with Gasteiger partial charge in [-0.05, 0) is 49.9 Å². The van der Waals surface area contributed by atoms with Crippen molar-refractivity contribution in [3.63, 3.8) is 0 Å². The molecule has 32 heavy (non-hydrogen) atoms. The highest BCUT2D eigenvalue weighted by Crippen LogP contribution is 2.34. The Morgan fingerprint density at radius 2 is 2.22 bits per heavy atom. The summed E-state index contributed by atoms with van der Waals surface area (Å²) in [5.74, 6) is 0.0839. The van der Waals surface area contributed by atoms with Gasteiger partial charge in [0.1, 0.15) is 28.8 Å². The second kappa shape index (κ2) is 10.3. The first-order valence-electron chi connectivity index (χ1n) is 10.7. The fourth-order valence-electron chi connectivity index (χ4n) is 4.07. The maximum Gasteiger partial charge on any atom is 0.307 e. The molecule has 3 rings (SSSR count). The van der Waals surface area contributed by atoms with Crippen LogP contribution in [0.15, 0.2) is 18.2 Å².